The highest BCUT2D eigenvalue weighted by Crippen LogP contribution is 2.18. The number of benzene rings is 1. The number of ketones is 1. The number of carbonyl (C=O) groups is 1. The van der Waals surface area contributed by atoms with Gasteiger partial charge in [-0.15, -0.1) is 0 Å². The maximum Gasteiger partial charge on any atom is 0.209 e. The maximum atomic E-state index is 12.1. The lowest BCUT2D eigenvalue weighted by atomic mass is 10.1. The van der Waals surface area contributed by atoms with Crippen LogP contribution >= 0.6 is 0 Å². The minimum Gasteiger partial charge on any atom is -0.359 e. The monoisotopic (exact) mass is 224 g/mol. The van der Waals surface area contributed by atoms with Crippen LogP contribution in [0.4, 0.5) is 0 Å². The third-order valence-corrected chi connectivity index (χ3v) is 2.99. The Morgan fingerprint density at radius 2 is 2.12 bits per heavy atom. The van der Waals surface area contributed by atoms with E-state index in [-0.39, 0.29) is 5.78 Å². The molecule has 0 spiro atoms. The number of hydrogen-bond donors (Lipinski definition) is 1. The Morgan fingerprint density at radius 1 is 1.24 bits per heavy atom. The van der Waals surface area contributed by atoms with Crippen molar-refractivity contribution in [2.75, 3.05) is 0 Å². The molecule has 0 aliphatic rings. The van der Waals surface area contributed by atoms with Crippen molar-refractivity contribution in [2.45, 2.75) is 0 Å². The zero-order chi connectivity index (χ0) is 11.8. The standard InChI is InChI=1S/C14H12N2O/c1-16-8-6-10-9-11(4-5-13(10)16)14(17)12-3-2-7-15-12/h2-9,15H,1H3. The molecule has 2 heterocycles. The molecule has 0 amide bonds. The highest BCUT2D eigenvalue weighted by molar-refractivity contribution is 6.09. The Labute approximate surface area is 98.7 Å². The van der Waals surface area contributed by atoms with Crippen LogP contribution in [0.25, 0.3) is 10.9 Å². The molecular weight excluding hydrogens is 212 g/mol. The second-order valence-electron chi connectivity index (χ2n) is 4.11. The van der Waals surface area contributed by atoms with Gasteiger partial charge in [0.2, 0.25) is 5.78 Å². The van der Waals surface area contributed by atoms with Gasteiger partial charge >= 0.3 is 0 Å². The van der Waals surface area contributed by atoms with Gasteiger partial charge in [0, 0.05) is 35.9 Å². The molecule has 1 N–H and O–H groups in total. The quantitative estimate of drug-likeness (QED) is 0.668. The predicted molar refractivity (Wildman–Crippen MR) is 67.1 cm³/mol. The van der Waals surface area contributed by atoms with Crippen LogP contribution < -0.4 is 0 Å². The van der Waals surface area contributed by atoms with E-state index in [0.717, 1.165) is 10.9 Å². The van der Waals surface area contributed by atoms with E-state index < -0.39 is 0 Å². The van der Waals surface area contributed by atoms with Crippen LogP contribution in [0.1, 0.15) is 16.1 Å². The molecule has 2 aromatic heterocycles. The predicted octanol–water partition coefficient (Wildman–Crippen LogP) is 2.74. The smallest absolute Gasteiger partial charge is 0.209 e. The van der Waals surface area contributed by atoms with Crippen LogP contribution in [0.3, 0.4) is 0 Å². The third-order valence-electron chi connectivity index (χ3n) is 2.99. The van der Waals surface area contributed by atoms with Gasteiger partial charge in [0.1, 0.15) is 0 Å². The fraction of sp³-hybridized carbons (Fsp3) is 0.0714. The molecular formula is C14H12N2O. The average molecular weight is 224 g/mol. The van der Waals surface area contributed by atoms with Gasteiger partial charge in [-0.3, -0.25) is 4.79 Å². The summed E-state index contributed by atoms with van der Waals surface area (Å²) in [5.74, 6) is 0.0285. The fourth-order valence-corrected chi connectivity index (χ4v) is 2.05. The van der Waals surface area contributed by atoms with Crippen LogP contribution in [0, 0.1) is 0 Å². The minimum atomic E-state index is 0.0285. The van der Waals surface area contributed by atoms with Gasteiger partial charge in [0.15, 0.2) is 0 Å². The number of hydrogen-bond acceptors (Lipinski definition) is 1. The van der Waals surface area contributed by atoms with Crippen LogP contribution in [-0.4, -0.2) is 15.3 Å². The first-order valence-electron chi connectivity index (χ1n) is 5.49. The number of nitrogens with zero attached hydrogens (tertiary/aromatic N) is 1. The lowest BCUT2D eigenvalue weighted by Crippen LogP contribution is -2.01. The number of nitrogens with one attached hydrogen (secondary N) is 1. The molecule has 0 atom stereocenters. The lowest BCUT2D eigenvalue weighted by Gasteiger charge is -2.00. The molecule has 0 aliphatic heterocycles. The lowest BCUT2D eigenvalue weighted by molar-refractivity contribution is 0.103. The van der Waals surface area contributed by atoms with Crippen molar-refractivity contribution in [1.82, 2.24) is 9.55 Å². The first-order chi connectivity index (χ1) is 8.25. The molecule has 3 nitrogen and oxygen atoms in total. The van der Waals surface area contributed by atoms with E-state index in [0.29, 0.717) is 11.3 Å². The molecule has 3 aromatic rings. The van der Waals surface area contributed by atoms with E-state index in [1.807, 2.05) is 48.1 Å². The summed E-state index contributed by atoms with van der Waals surface area (Å²) in [6, 6.07) is 11.4. The SMILES string of the molecule is Cn1ccc2cc(C(=O)c3ccc[nH]3)ccc21. The van der Waals surface area contributed by atoms with E-state index in [4.69, 9.17) is 0 Å². The molecule has 3 heteroatoms. The van der Waals surface area contributed by atoms with E-state index in [2.05, 4.69) is 4.98 Å². The van der Waals surface area contributed by atoms with E-state index in [1.54, 1.807) is 12.3 Å². The molecule has 0 aliphatic carbocycles. The molecule has 0 saturated carbocycles. The fourth-order valence-electron chi connectivity index (χ4n) is 2.05. The largest absolute Gasteiger partial charge is 0.359 e. The minimum absolute atomic E-state index is 0.0285. The second kappa shape index (κ2) is 3.63. The summed E-state index contributed by atoms with van der Waals surface area (Å²) in [5, 5.41) is 1.09. The van der Waals surface area contributed by atoms with Crippen LogP contribution in [-0.2, 0) is 7.05 Å². The first kappa shape index (κ1) is 9.90. The van der Waals surface area contributed by atoms with Crippen LogP contribution in [0.15, 0.2) is 48.8 Å². The van der Waals surface area contributed by atoms with E-state index >= 15 is 0 Å². The van der Waals surface area contributed by atoms with Gasteiger partial charge in [-0.25, -0.2) is 0 Å². The van der Waals surface area contributed by atoms with Gasteiger partial charge < -0.3 is 9.55 Å². The summed E-state index contributed by atoms with van der Waals surface area (Å²) in [7, 11) is 1.99. The zero-order valence-electron chi connectivity index (χ0n) is 9.47. The highest BCUT2D eigenvalue weighted by atomic mass is 16.1. The Morgan fingerprint density at radius 3 is 2.88 bits per heavy atom. The molecule has 0 bridgehead atoms. The molecule has 84 valence electrons. The topological polar surface area (TPSA) is 37.8 Å². The zero-order valence-corrected chi connectivity index (χ0v) is 9.47. The van der Waals surface area contributed by atoms with Gasteiger partial charge in [0.05, 0.1) is 5.69 Å². The summed E-state index contributed by atoms with van der Waals surface area (Å²) < 4.78 is 2.04. The van der Waals surface area contributed by atoms with Crippen molar-refractivity contribution >= 4 is 16.7 Å². The summed E-state index contributed by atoms with van der Waals surface area (Å²) in [5.41, 5.74) is 2.47. The van der Waals surface area contributed by atoms with E-state index in [1.165, 1.54) is 0 Å². The van der Waals surface area contributed by atoms with Crippen molar-refractivity contribution < 1.29 is 4.79 Å². The second-order valence-corrected chi connectivity index (χ2v) is 4.11. The molecule has 17 heavy (non-hydrogen) atoms. The van der Waals surface area contributed by atoms with Crippen molar-refractivity contribution in [3.8, 4) is 0 Å². The summed E-state index contributed by atoms with van der Waals surface area (Å²) in [4.78, 5) is 15.1. The Kier molecular flexibility index (Phi) is 2.11. The van der Waals surface area contributed by atoms with Crippen LogP contribution in [0.2, 0.25) is 0 Å². The molecule has 1 aromatic carbocycles. The van der Waals surface area contributed by atoms with Gasteiger partial charge in [-0.05, 0) is 36.4 Å². The number of aryl methyl sites for hydroxylation is 1. The molecule has 3 rings (SSSR count). The van der Waals surface area contributed by atoms with Crippen molar-refractivity contribution in [1.29, 1.82) is 0 Å². The Balaban J connectivity index is 2.09. The summed E-state index contributed by atoms with van der Waals surface area (Å²) >= 11 is 0. The number of aromatic nitrogens is 2. The molecule has 0 saturated heterocycles. The van der Waals surface area contributed by atoms with Gasteiger partial charge in [0.25, 0.3) is 0 Å². The van der Waals surface area contributed by atoms with Crippen molar-refractivity contribution in [3.05, 3.63) is 60.0 Å². The number of H-pyrrole nitrogens is 1. The Bertz CT molecular complexity index is 677. The molecule has 0 unspecified atom stereocenters. The first-order valence-corrected chi connectivity index (χ1v) is 5.49. The number of carbonyl (C=O) groups excluding carboxylic acids is 1. The number of fused-ring (bicyclic) bond motifs is 1. The Hall–Kier alpha value is -2.29. The van der Waals surface area contributed by atoms with Crippen molar-refractivity contribution in [2.24, 2.45) is 7.05 Å². The molecule has 0 fully saturated rings. The summed E-state index contributed by atoms with van der Waals surface area (Å²) in [6.45, 7) is 0. The third kappa shape index (κ3) is 1.56. The highest BCUT2D eigenvalue weighted by Gasteiger charge is 2.10. The normalized spacial score (nSPS) is 10.9. The van der Waals surface area contributed by atoms with Gasteiger partial charge in [-0.1, -0.05) is 0 Å². The number of rotatable bonds is 2. The molecule has 0 radical (unpaired) electrons. The number of aromatic amines is 1. The van der Waals surface area contributed by atoms with Gasteiger partial charge in [-0.2, -0.15) is 0 Å². The summed E-state index contributed by atoms with van der Waals surface area (Å²) in [6.07, 6.45) is 3.75. The van der Waals surface area contributed by atoms with E-state index in [9.17, 15) is 4.79 Å². The van der Waals surface area contributed by atoms with Crippen molar-refractivity contribution in [3.63, 3.8) is 0 Å². The van der Waals surface area contributed by atoms with Crippen LogP contribution in [0.5, 0.6) is 0 Å². The average Bonchev–Trinajstić information content (AvgIpc) is 2.98. The maximum absolute atomic E-state index is 12.1.